The van der Waals surface area contributed by atoms with Gasteiger partial charge in [0.05, 0.1) is 19.8 Å². The molecule has 0 saturated carbocycles. The SMILES string of the molecule is CCCCCCCCCCCCCCCCCCCCCCOCC(COC1OC(CO)C(O)C(O)C1O)OC(=O)CCCCCCCCC. The van der Waals surface area contributed by atoms with Crippen LogP contribution in [0.15, 0.2) is 0 Å². The largest absolute Gasteiger partial charge is 0.457 e. The lowest BCUT2D eigenvalue weighted by molar-refractivity contribution is -0.305. The Morgan fingerprint density at radius 2 is 0.980 bits per heavy atom. The highest BCUT2D eigenvalue weighted by atomic mass is 16.7. The fourth-order valence-electron chi connectivity index (χ4n) is 6.67. The molecular formula is C41H80O9. The van der Waals surface area contributed by atoms with E-state index in [1.54, 1.807) is 0 Å². The molecule has 6 atom stereocenters. The van der Waals surface area contributed by atoms with Gasteiger partial charge in [-0.3, -0.25) is 4.79 Å². The van der Waals surface area contributed by atoms with Gasteiger partial charge in [-0.1, -0.05) is 174 Å². The van der Waals surface area contributed by atoms with Crippen molar-refractivity contribution in [2.75, 3.05) is 26.4 Å². The predicted molar refractivity (Wildman–Crippen MR) is 201 cm³/mol. The molecule has 1 heterocycles. The highest BCUT2D eigenvalue weighted by Gasteiger charge is 2.44. The second-order valence-electron chi connectivity index (χ2n) is 14.8. The first kappa shape index (κ1) is 47.2. The lowest BCUT2D eigenvalue weighted by Gasteiger charge is -2.39. The Bertz CT molecular complexity index is 737. The summed E-state index contributed by atoms with van der Waals surface area (Å²) in [7, 11) is 0. The van der Waals surface area contributed by atoms with Gasteiger partial charge in [0.1, 0.15) is 30.5 Å². The first-order valence-electron chi connectivity index (χ1n) is 21.1. The molecule has 6 unspecified atom stereocenters. The van der Waals surface area contributed by atoms with Gasteiger partial charge in [0.25, 0.3) is 0 Å². The van der Waals surface area contributed by atoms with Crippen LogP contribution >= 0.6 is 0 Å². The van der Waals surface area contributed by atoms with E-state index in [2.05, 4.69) is 13.8 Å². The molecule has 1 fully saturated rings. The third kappa shape index (κ3) is 25.2. The van der Waals surface area contributed by atoms with Crippen molar-refractivity contribution in [1.29, 1.82) is 0 Å². The minimum Gasteiger partial charge on any atom is -0.457 e. The van der Waals surface area contributed by atoms with Crippen LogP contribution in [0, 0.1) is 0 Å². The Balaban J connectivity index is 2.17. The molecule has 0 amide bonds. The van der Waals surface area contributed by atoms with E-state index >= 15 is 0 Å². The van der Waals surface area contributed by atoms with E-state index in [-0.39, 0.29) is 19.2 Å². The lowest BCUT2D eigenvalue weighted by atomic mass is 9.99. The van der Waals surface area contributed by atoms with Gasteiger partial charge in [0.2, 0.25) is 0 Å². The monoisotopic (exact) mass is 717 g/mol. The predicted octanol–water partition coefficient (Wildman–Crippen LogP) is 8.69. The van der Waals surface area contributed by atoms with Crippen molar-refractivity contribution in [3.8, 4) is 0 Å². The zero-order chi connectivity index (χ0) is 36.5. The molecule has 9 nitrogen and oxygen atoms in total. The van der Waals surface area contributed by atoms with E-state index in [1.165, 1.54) is 141 Å². The summed E-state index contributed by atoms with van der Waals surface area (Å²) in [5.41, 5.74) is 0. The van der Waals surface area contributed by atoms with Crippen LogP contribution in [-0.4, -0.2) is 89.6 Å². The maximum atomic E-state index is 12.6. The van der Waals surface area contributed by atoms with Crippen LogP contribution in [0.1, 0.15) is 194 Å². The summed E-state index contributed by atoms with van der Waals surface area (Å²) in [6.07, 6.45) is 27.3. The van der Waals surface area contributed by atoms with E-state index in [0.29, 0.717) is 13.0 Å². The molecular weight excluding hydrogens is 636 g/mol. The van der Waals surface area contributed by atoms with Crippen molar-refractivity contribution in [3.05, 3.63) is 0 Å². The molecule has 4 N–H and O–H groups in total. The van der Waals surface area contributed by atoms with Crippen molar-refractivity contribution in [2.24, 2.45) is 0 Å². The van der Waals surface area contributed by atoms with Crippen molar-refractivity contribution >= 4 is 5.97 Å². The molecule has 0 aromatic carbocycles. The Morgan fingerprint density at radius 1 is 0.560 bits per heavy atom. The van der Waals surface area contributed by atoms with Crippen molar-refractivity contribution in [2.45, 2.75) is 230 Å². The third-order valence-corrected chi connectivity index (χ3v) is 10.0. The fraction of sp³-hybridized carbons (Fsp3) is 0.976. The molecule has 298 valence electrons. The highest BCUT2D eigenvalue weighted by Crippen LogP contribution is 2.22. The van der Waals surface area contributed by atoms with E-state index in [9.17, 15) is 25.2 Å². The second kappa shape index (κ2) is 34.0. The fourth-order valence-corrected chi connectivity index (χ4v) is 6.67. The summed E-state index contributed by atoms with van der Waals surface area (Å²) in [6, 6.07) is 0. The molecule has 9 heteroatoms. The quantitative estimate of drug-likeness (QED) is 0.0371. The molecule has 0 spiro atoms. The van der Waals surface area contributed by atoms with Crippen LogP contribution in [0.25, 0.3) is 0 Å². The summed E-state index contributed by atoms with van der Waals surface area (Å²) in [4.78, 5) is 12.6. The van der Waals surface area contributed by atoms with Crippen LogP contribution in [0.5, 0.6) is 0 Å². The van der Waals surface area contributed by atoms with Gasteiger partial charge in [-0.25, -0.2) is 0 Å². The van der Waals surface area contributed by atoms with Gasteiger partial charge in [-0.05, 0) is 12.8 Å². The highest BCUT2D eigenvalue weighted by molar-refractivity contribution is 5.69. The average Bonchev–Trinajstić information content (AvgIpc) is 3.11. The molecule has 0 aromatic rings. The lowest BCUT2D eigenvalue weighted by Crippen LogP contribution is -2.59. The molecule has 1 saturated heterocycles. The van der Waals surface area contributed by atoms with E-state index < -0.39 is 43.4 Å². The topological polar surface area (TPSA) is 135 Å². The van der Waals surface area contributed by atoms with Crippen molar-refractivity contribution in [3.63, 3.8) is 0 Å². The van der Waals surface area contributed by atoms with Gasteiger partial charge in [0.15, 0.2) is 6.29 Å². The van der Waals surface area contributed by atoms with E-state index in [0.717, 1.165) is 32.1 Å². The van der Waals surface area contributed by atoms with Crippen LogP contribution in [0.3, 0.4) is 0 Å². The Hall–Kier alpha value is -0.810. The van der Waals surface area contributed by atoms with Crippen LogP contribution in [0.2, 0.25) is 0 Å². The number of aliphatic hydroxyl groups excluding tert-OH is 4. The van der Waals surface area contributed by atoms with Crippen molar-refractivity contribution in [1.82, 2.24) is 0 Å². The Labute approximate surface area is 306 Å². The minimum absolute atomic E-state index is 0.106. The molecule has 1 rings (SSSR count). The average molecular weight is 717 g/mol. The van der Waals surface area contributed by atoms with E-state index in [4.69, 9.17) is 18.9 Å². The number of rotatable bonds is 36. The minimum atomic E-state index is -1.53. The van der Waals surface area contributed by atoms with Gasteiger partial charge >= 0.3 is 5.97 Å². The summed E-state index contributed by atoms with van der Waals surface area (Å²) < 4.78 is 22.7. The van der Waals surface area contributed by atoms with Crippen molar-refractivity contribution < 1.29 is 44.2 Å². The normalized spacial score (nSPS) is 21.4. The second-order valence-corrected chi connectivity index (χ2v) is 14.8. The molecule has 50 heavy (non-hydrogen) atoms. The maximum Gasteiger partial charge on any atom is 0.306 e. The number of hydrogen-bond donors (Lipinski definition) is 4. The van der Waals surface area contributed by atoms with Gasteiger partial charge in [0, 0.05) is 13.0 Å². The van der Waals surface area contributed by atoms with Crippen LogP contribution in [-0.2, 0) is 23.7 Å². The summed E-state index contributed by atoms with van der Waals surface area (Å²) in [6.45, 7) is 4.54. The molecule has 1 aliphatic heterocycles. The standard InChI is InChI=1S/C41H80O9/c1-3-5-7-9-11-12-13-14-15-16-17-18-19-20-21-22-23-25-27-29-31-47-33-35(49-37(43)30-28-26-24-10-8-6-4-2)34-48-41-40(46)39(45)38(44)36(32-42)50-41/h35-36,38-42,44-46H,3-34H2,1-2H3. The molecule has 0 bridgehead atoms. The summed E-state index contributed by atoms with van der Waals surface area (Å²) >= 11 is 0. The molecule has 0 aromatic heterocycles. The van der Waals surface area contributed by atoms with Gasteiger partial charge < -0.3 is 39.4 Å². The number of carbonyl (C=O) groups excluding carboxylic acids is 1. The van der Waals surface area contributed by atoms with Crippen LogP contribution < -0.4 is 0 Å². The van der Waals surface area contributed by atoms with Gasteiger partial charge in [-0.15, -0.1) is 0 Å². The molecule has 1 aliphatic rings. The van der Waals surface area contributed by atoms with Gasteiger partial charge in [-0.2, -0.15) is 0 Å². The smallest absolute Gasteiger partial charge is 0.306 e. The zero-order valence-electron chi connectivity index (χ0n) is 32.4. The number of aliphatic hydroxyl groups is 4. The molecule has 0 radical (unpaired) electrons. The number of unbranched alkanes of at least 4 members (excludes halogenated alkanes) is 25. The first-order chi connectivity index (χ1) is 24.4. The third-order valence-electron chi connectivity index (χ3n) is 10.0. The number of hydrogen-bond acceptors (Lipinski definition) is 9. The maximum absolute atomic E-state index is 12.6. The number of carbonyl (C=O) groups is 1. The number of esters is 1. The number of ether oxygens (including phenoxy) is 4. The Morgan fingerprint density at radius 3 is 1.42 bits per heavy atom. The summed E-state index contributed by atoms with van der Waals surface area (Å²) in [5, 5.41) is 39.9. The molecule has 0 aliphatic carbocycles. The van der Waals surface area contributed by atoms with Crippen LogP contribution in [0.4, 0.5) is 0 Å². The Kier molecular flexibility index (Phi) is 32.1. The zero-order valence-corrected chi connectivity index (χ0v) is 32.4. The van der Waals surface area contributed by atoms with E-state index in [1.807, 2.05) is 0 Å². The summed E-state index contributed by atoms with van der Waals surface area (Å²) in [5.74, 6) is -0.316. The first-order valence-corrected chi connectivity index (χ1v) is 21.1.